The van der Waals surface area contributed by atoms with Crippen LogP contribution >= 0.6 is 0 Å². The number of aromatic nitrogens is 3. The van der Waals surface area contributed by atoms with Gasteiger partial charge >= 0.3 is 0 Å². The lowest BCUT2D eigenvalue weighted by Crippen LogP contribution is -2.39. The number of hydrogen-bond donors (Lipinski definition) is 0. The third kappa shape index (κ3) is 3.43. The largest absolute Gasteiger partial charge is 0.337 e. The summed E-state index contributed by atoms with van der Waals surface area (Å²) in [6, 6.07) is 10.5. The maximum absolute atomic E-state index is 12.6. The summed E-state index contributed by atoms with van der Waals surface area (Å²) in [7, 11) is 0. The minimum absolute atomic E-state index is 0.00897. The molecular formula is C21H22N4O. The molecule has 1 amide bonds. The topological polar surface area (TPSA) is 59.0 Å². The standard InChI is InChI=1S/C21H22N4O/c1-15-13-24-20(14-23-15)21(26)25-10-7-16(8-11-25)12-17-4-2-6-19-18(17)5-3-9-22-19/h2-6,9,13-14,16H,7-8,10-12H2,1H3. The van der Waals surface area contributed by atoms with Gasteiger partial charge in [-0.25, -0.2) is 4.98 Å². The van der Waals surface area contributed by atoms with E-state index in [1.54, 1.807) is 12.4 Å². The lowest BCUT2D eigenvalue weighted by Gasteiger charge is -2.32. The van der Waals surface area contributed by atoms with E-state index >= 15 is 0 Å². The van der Waals surface area contributed by atoms with Gasteiger partial charge in [0.05, 0.1) is 17.4 Å². The van der Waals surface area contributed by atoms with Crippen molar-refractivity contribution in [2.24, 2.45) is 5.92 Å². The van der Waals surface area contributed by atoms with Crippen molar-refractivity contribution in [2.75, 3.05) is 13.1 Å². The molecule has 3 aromatic rings. The predicted molar refractivity (Wildman–Crippen MR) is 101 cm³/mol. The highest BCUT2D eigenvalue weighted by Gasteiger charge is 2.25. The second kappa shape index (κ2) is 7.20. The second-order valence-electron chi connectivity index (χ2n) is 6.97. The summed E-state index contributed by atoms with van der Waals surface area (Å²) in [6.07, 6.45) is 8.13. The SMILES string of the molecule is Cc1cnc(C(=O)N2CCC(Cc3cccc4ncccc34)CC2)cn1. The minimum Gasteiger partial charge on any atom is -0.337 e. The third-order valence-corrected chi connectivity index (χ3v) is 5.15. The molecular weight excluding hydrogens is 324 g/mol. The summed E-state index contributed by atoms with van der Waals surface area (Å²) in [5.41, 5.74) is 3.67. The molecule has 1 aromatic carbocycles. The zero-order valence-corrected chi connectivity index (χ0v) is 14.9. The number of amides is 1. The summed E-state index contributed by atoms with van der Waals surface area (Å²) in [5, 5.41) is 1.24. The highest BCUT2D eigenvalue weighted by atomic mass is 16.2. The van der Waals surface area contributed by atoms with Crippen molar-refractivity contribution in [3.8, 4) is 0 Å². The zero-order valence-electron chi connectivity index (χ0n) is 14.9. The predicted octanol–water partition coefficient (Wildman–Crippen LogP) is 3.43. The van der Waals surface area contributed by atoms with E-state index in [-0.39, 0.29) is 5.91 Å². The number of likely N-dealkylation sites (tertiary alicyclic amines) is 1. The Morgan fingerprint density at radius 1 is 1.08 bits per heavy atom. The number of rotatable bonds is 3. The molecule has 0 N–H and O–H groups in total. The zero-order chi connectivity index (χ0) is 17.9. The Balaban J connectivity index is 1.40. The lowest BCUT2D eigenvalue weighted by atomic mass is 9.88. The summed E-state index contributed by atoms with van der Waals surface area (Å²) in [5.74, 6) is 0.583. The van der Waals surface area contributed by atoms with Crippen LogP contribution in [0, 0.1) is 12.8 Å². The Kier molecular flexibility index (Phi) is 4.61. The minimum atomic E-state index is -0.00897. The van der Waals surface area contributed by atoms with Gasteiger partial charge in [0.15, 0.2) is 0 Å². The average molecular weight is 346 g/mol. The van der Waals surface area contributed by atoms with Crippen molar-refractivity contribution in [1.82, 2.24) is 19.9 Å². The van der Waals surface area contributed by atoms with Crippen LogP contribution in [0.1, 0.15) is 34.6 Å². The number of pyridine rings is 1. The Labute approximate surface area is 153 Å². The molecule has 1 aliphatic heterocycles. The molecule has 0 radical (unpaired) electrons. The van der Waals surface area contributed by atoms with E-state index in [1.165, 1.54) is 10.9 Å². The summed E-state index contributed by atoms with van der Waals surface area (Å²) >= 11 is 0. The van der Waals surface area contributed by atoms with E-state index in [9.17, 15) is 4.79 Å². The molecule has 0 aliphatic carbocycles. The second-order valence-corrected chi connectivity index (χ2v) is 6.97. The van der Waals surface area contributed by atoms with Crippen LogP contribution in [0.3, 0.4) is 0 Å². The summed E-state index contributed by atoms with van der Waals surface area (Å²) < 4.78 is 0. The van der Waals surface area contributed by atoms with Crippen LogP contribution in [-0.4, -0.2) is 38.8 Å². The fourth-order valence-corrected chi connectivity index (χ4v) is 3.66. The van der Waals surface area contributed by atoms with E-state index in [0.29, 0.717) is 11.6 Å². The van der Waals surface area contributed by atoms with Gasteiger partial charge < -0.3 is 4.90 Å². The molecule has 2 aromatic heterocycles. The first-order valence-corrected chi connectivity index (χ1v) is 9.11. The normalized spacial score (nSPS) is 15.3. The molecule has 3 heterocycles. The van der Waals surface area contributed by atoms with E-state index in [1.807, 2.05) is 24.1 Å². The number of aryl methyl sites for hydroxylation is 1. The molecule has 1 aliphatic rings. The van der Waals surface area contributed by atoms with Crippen molar-refractivity contribution in [2.45, 2.75) is 26.2 Å². The summed E-state index contributed by atoms with van der Waals surface area (Å²) in [6.45, 7) is 3.43. The fraction of sp³-hybridized carbons (Fsp3) is 0.333. The van der Waals surface area contributed by atoms with Gasteiger partial charge in [0.25, 0.3) is 5.91 Å². The van der Waals surface area contributed by atoms with Crippen molar-refractivity contribution < 1.29 is 4.79 Å². The number of fused-ring (bicyclic) bond motifs is 1. The Hall–Kier alpha value is -2.82. The molecule has 0 spiro atoms. The van der Waals surface area contributed by atoms with Crippen LogP contribution in [0.5, 0.6) is 0 Å². The molecule has 0 saturated carbocycles. The van der Waals surface area contributed by atoms with Gasteiger partial charge in [0, 0.05) is 30.9 Å². The van der Waals surface area contributed by atoms with Gasteiger partial charge in [-0.05, 0) is 49.8 Å². The monoisotopic (exact) mass is 346 g/mol. The first-order chi connectivity index (χ1) is 12.7. The van der Waals surface area contributed by atoms with Crippen molar-refractivity contribution in [3.63, 3.8) is 0 Å². The average Bonchev–Trinajstić information content (AvgIpc) is 2.69. The Morgan fingerprint density at radius 2 is 1.92 bits per heavy atom. The number of hydrogen-bond acceptors (Lipinski definition) is 4. The molecule has 0 bridgehead atoms. The van der Waals surface area contributed by atoms with Crippen LogP contribution in [0.4, 0.5) is 0 Å². The van der Waals surface area contributed by atoms with Gasteiger partial charge in [-0.3, -0.25) is 14.8 Å². The van der Waals surface area contributed by atoms with Gasteiger partial charge in [0.1, 0.15) is 5.69 Å². The van der Waals surface area contributed by atoms with E-state index < -0.39 is 0 Å². The van der Waals surface area contributed by atoms with Crippen molar-refractivity contribution >= 4 is 16.8 Å². The van der Waals surface area contributed by atoms with Gasteiger partial charge in [-0.2, -0.15) is 0 Å². The smallest absolute Gasteiger partial charge is 0.274 e. The number of piperidine rings is 1. The quantitative estimate of drug-likeness (QED) is 0.729. The van der Waals surface area contributed by atoms with Crippen LogP contribution < -0.4 is 0 Å². The van der Waals surface area contributed by atoms with Crippen molar-refractivity contribution in [1.29, 1.82) is 0 Å². The molecule has 1 fully saturated rings. The molecule has 1 saturated heterocycles. The maximum atomic E-state index is 12.6. The number of carbonyl (C=O) groups excluding carboxylic acids is 1. The van der Waals surface area contributed by atoms with Crippen molar-refractivity contribution in [3.05, 3.63) is 65.9 Å². The molecule has 0 unspecified atom stereocenters. The van der Waals surface area contributed by atoms with Crippen LogP contribution in [-0.2, 0) is 6.42 Å². The maximum Gasteiger partial charge on any atom is 0.274 e. The van der Waals surface area contributed by atoms with Gasteiger partial charge in [-0.1, -0.05) is 18.2 Å². The van der Waals surface area contributed by atoms with E-state index in [0.717, 1.165) is 43.6 Å². The Bertz CT molecular complexity index is 909. The van der Waals surface area contributed by atoms with Crippen LogP contribution in [0.15, 0.2) is 48.9 Å². The molecule has 0 atom stereocenters. The highest BCUT2D eigenvalue weighted by molar-refractivity contribution is 5.92. The van der Waals surface area contributed by atoms with E-state index in [2.05, 4.69) is 39.2 Å². The lowest BCUT2D eigenvalue weighted by molar-refractivity contribution is 0.0684. The number of nitrogens with zero attached hydrogens (tertiary/aromatic N) is 4. The number of carbonyl (C=O) groups is 1. The third-order valence-electron chi connectivity index (χ3n) is 5.15. The van der Waals surface area contributed by atoms with Crippen LogP contribution in [0.2, 0.25) is 0 Å². The molecule has 5 heteroatoms. The molecule has 26 heavy (non-hydrogen) atoms. The molecule has 132 valence electrons. The fourth-order valence-electron chi connectivity index (χ4n) is 3.66. The summed E-state index contributed by atoms with van der Waals surface area (Å²) in [4.78, 5) is 27.3. The Morgan fingerprint density at radius 3 is 2.69 bits per heavy atom. The van der Waals surface area contributed by atoms with Gasteiger partial charge in [-0.15, -0.1) is 0 Å². The number of benzene rings is 1. The molecule has 5 nitrogen and oxygen atoms in total. The first kappa shape index (κ1) is 16.6. The van der Waals surface area contributed by atoms with E-state index in [4.69, 9.17) is 0 Å². The van der Waals surface area contributed by atoms with Gasteiger partial charge in [0.2, 0.25) is 0 Å². The highest BCUT2D eigenvalue weighted by Crippen LogP contribution is 2.26. The first-order valence-electron chi connectivity index (χ1n) is 9.11. The van der Waals surface area contributed by atoms with Crippen LogP contribution in [0.25, 0.3) is 10.9 Å². The molecule has 4 rings (SSSR count).